The highest BCUT2D eigenvalue weighted by Crippen LogP contribution is 2.29. The summed E-state index contributed by atoms with van der Waals surface area (Å²) < 4.78 is 12.4. The van der Waals surface area contributed by atoms with E-state index >= 15 is 0 Å². The first-order valence-corrected chi connectivity index (χ1v) is 10.4. The quantitative estimate of drug-likeness (QED) is 0.532. The maximum Gasteiger partial charge on any atom is 0.254 e. The third-order valence-corrected chi connectivity index (χ3v) is 5.40. The molecule has 1 heterocycles. The van der Waals surface area contributed by atoms with Gasteiger partial charge < -0.3 is 23.8 Å². The topological polar surface area (TPSA) is 64.0 Å². The van der Waals surface area contributed by atoms with Crippen molar-refractivity contribution in [1.82, 2.24) is 14.4 Å². The Balaban J connectivity index is 1.74. The Kier molecular flexibility index (Phi) is 7.52. The second-order valence-electron chi connectivity index (χ2n) is 7.67. The molecule has 0 saturated heterocycles. The summed E-state index contributed by atoms with van der Waals surface area (Å²) in [5.74, 6) is 0.424. The Morgan fingerprint density at radius 1 is 1.17 bits per heavy atom. The molecule has 1 aliphatic carbocycles. The third-order valence-electron chi connectivity index (χ3n) is 5.40. The van der Waals surface area contributed by atoms with Crippen molar-refractivity contribution >= 4 is 11.8 Å². The molecule has 7 nitrogen and oxygen atoms in total. The normalized spacial score (nSPS) is 13.2. The van der Waals surface area contributed by atoms with Gasteiger partial charge in [0.15, 0.2) is 0 Å². The molecule has 1 aliphatic rings. The fraction of sp³-hybridized carbons (Fsp3) is 0.478. The first-order valence-electron chi connectivity index (χ1n) is 10.4. The van der Waals surface area contributed by atoms with Crippen molar-refractivity contribution in [1.29, 1.82) is 0 Å². The molecule has 7 heteroatoms. The van der Waals surface area contributed by atoms with Gasteiger partial charge in [-0.3, -0.25) is 9.59 Å². The highest BCUT2D eigenvalue weighted by atomic mass is 16.5. The van der Waals surface area contributed by atoms with Crippen LogP contribution in [0.4, 0.5) is 0 Å². The van der Waals surface area contributed by atoms with Gasteiger partial charge in [0.1, 0.15) is 12.3 Å². The van der Waals surface area contributed by atoms with E-state index in [9.17, 15) is 9.59 Å². The van der Waals surface area contributed by atoms with Crippen molar-refractivity contribution < 1.29 is 19.1 Å². The monoisotopic (exact) mass is 413 g/mol. The number of carbonyl (C=O) groups is 2. The Labute approximate surface area is 178 Å². The van der Waals surface area contributed by atoms with Crippen molar-refractivity contribution in [3.05, 3.63) is 53.9 Å². The molecule has 162 valence electrons. The molecule has 1 aromatic carbocycles. The predicted molar refractivity (Wildman–Crippen MR) is 114 cm³/mol. The number of hydrogen-bond acceptors (Lipinski definition) is 4. The van der Waals surface area contributed by atoms with E-state index in [2.05, 4.69) is 0 Å². The molecule has 0 N–H and O–H groups in total. The third kappa shape index (κ3) is 5.63. The molecule has 1 aromatic heterocycles. The minimum Gasteiger partial charge on any atom is -0.497 e. The zero-order valence-corrected chi connectivity index (χ0v) is 18.0. The van der Waals surface area contributed by atoms with E-state index in [-0.39, 0.29) is 24.4 Å². The van der Waals surface area contributed by atoms with Gasteiger partial charge >= 0.3 is 0 Å². The Bertz CT molecular complexity index is 860. The molecule has 30 heavy (non-hydrogen) atoms. The van der Waals surface area contributed by atoms with Crippen LogP contribution in [0.2, 0.25) is 0 Å². The van der Waals surface area contributed by atoms with Crippen LogP contribution in [0, 0.1) is 0 Å². The summed E-state index contributed by atoms with van der Waals surface area (Å²) in [6.45, 7) is 1.61. The van der Waals surface area contributed by atoms with Gasteiger partial charge in [-0.2, -0.15) is 0 Å². The van der Waals surface area contributed by atoms with Gasteiger partial charge in [0, 0.05) is 50.8 Å². The first-order chi connectivity index (χ1) is 14.5. The highest BCUT2D eigenvalue weighted by molar-refractivity contribution is 5.97. The van der Waals surface area contributed by atoms with E-state index in [1.54, 1.807) is 43.4 Å². The fourth-order valence-corrected chi connectivity index (χ4v) is 3.49. The van der Waals surface area contributed by atoms with Crippen LogP contribution in [-0.2, 0) is 23.1 Å². The summed E-state index contributed by atoms with van der Waals surface area (Å²) in [6, 6.07) is 11.3. The van der Waals surface area contributed by atoms with Crippen LogP contribution in [0.3, 0.4) is 0 Å². The zero-order valence-electron chi connectivity index (χ0n) is 18.0. The lowest BCUT2D eigenvalue weighted by Crippen LogP contribution is -2.44. The molecule has 2 amide bonds. The van der Waals surface area contributed by atoms with Gasteiger partial charge in [0.25, 0.3) is 5.91 Å². The van der Waals surface area contributed by atoms with Crippen molar-refractivity contribution in [2.24, 2.45) is 7.05 Å². The lowest BCUT2D eigenvalue weighted by molar-refractivity contribution is -0.133. The van der Waals surface area contributed by atoms with Crippen LogP contribution in [0.1, 0.15) is 35.3 Å². The molecule has 2 aromatic rings. The average Bonchev–Trinajstić information content (AvgIpc) is 3.52. The number of hydrogen-bond donors (Lipinski definition) is 0. The van der Waals surface area contributed by atoms with Crippen molar-refractivity contribution in [2.45, 2.75) is 31.8 Å². The minimum absolute atomic E-state index is 0.0210. The molecular formula is C23H31N3O4. The van der Waals surface area contributed by atoms with E-state index in [1.165, 1.54) is 0 Å². The number of aromatic nitrogens is 1. The van der Waals surface area contributed by atoms with Crippen LogP contribution in [0.15, 0.2) is 42.6 Å². The lowest BCUT2D eigenvalue weighted by Gasteiger charge is -2.28. The number of carbonyl (C=O) groups excluding carboxylic acids is 2. The van der Waals surface area contributed by atoms with Gasteiger partial charge in [0.05, 0.1) is 13.7 Å². The number of benzene rings is 1. The average molecular weight is 414 g/mol. The van der Waals surface area contributed by atoms with Gasteiger partial charge in [0.2, 0.25) is 5.91 Å². The number of aryl methyl sites for hydroxylation is 1. The summed E-state index contributed by atoms with van der Waals surface area (Å²) in [6.07, 6.45) is 4.68. The van der Waals surface area contributed by atoms with Gasteiger partial charge in [-0.25, -0.2) is 0 Å². The Morgan fingerprint density at radius 2 is 1.97 bits per heavy atom. The summed E-state index contributed by atoms with van der Waals surface area (Å²) in [5, 5.41) is 0. The van der Waals surface area contributed by atoms with Crippen LogP contribution < -0.4 is 4.74 Å². The van der Waals surface area contributed by atoms with Crippen LogP contribution in [0.5, 0.6) is 5.75 Å². The standard InChI is InChI=1S/C23H31N3O4/c1-24-12-5-8-20(24)16-26(19-10-11-19)22(27)17-25(13-6-14-29-2)23(28)18-7-4-9-21(15-18)30-3/h4-5,7-9,12,15,19H,6,10-11,13-14,16-17H2,1-3H3. The van der Waals surface area contributed by atoms with E-state index in [1.807, 2.05) is 34.8 Å². The van der Waals surface area contributed by atoms with Gasteiger partial charge in [-0.1, -0.05) is 6.07 Å². The molecule has 0 aliphatic heterocycles. The van der Waals surface area contributed by atoms with Crippen LogP contribution in [0.25, 0.3) is 0 Å². The predicted octanol–water partition coefficient (Wildman–Crippen LogP) is 2.70. The first kappa shape index (κ1) is 21.9. The van der Waals surface area contributed by atoms with Gasteiger partial charge in [-0.05, 0) is 49.6 Å². The number of ether oxygens (including phenoxy) is 2. The lowest BCUT2D eigenvalue weighted by atomic mass is 10.1. The van der Waals surface area contributed by atoms with E-state index < -0.39 is 0 Å². The zero-order chi connectivity index (χ0) is 21.5. The molecular weight excluding hydrogens is 382 g/mol. The molecule has 1 fully saturated rings. The van der Waals surface area contributed by atoms with E-state index in [0.717, 1.165) is 18.5 Å². The largest absolute Gasteiger partial charge is 0.497 e. The maximum absolute atomic E-state index is 13.2. The molecule has 0 spiro atoms. The van der Waals surface area contributed by atoms with E-state index in [0.29, 0.717) is 37.4 Å². The Hall–Kier alpha value is -2.80. The van der Waals surface area contributed by atoms with Gasteiger partial charge in [-0.15, -0.1) is 0 Å². The van der Waals surface area contributed by atoms with Crippen LogP contribution in [-0.4, -0.2) is 66.1 Å². The molecule has 1 saturated carbocycles. The molecule has 0 radical (unpaired) electrons. The fourth-order valence-electron chi connectivity index (χ4n) is 3.49. The maximum atomic E-state index is 13.2. The van der Waals surface area contributed by atoms with Crippen LogP contribution >= 0.6 is 0 Å². The minimum atomic E-state index is -0.173. The molecule has 0 unspecified atom stereocenters. The SMILES string of the molecule is COCCCN(CC(=O)N(Cc1cccn1C)C1CC1)C(=O)c1cccc(OC)c1. The van der Waals surface area contributed by atoms with E-state index in [4.69, 9.17) is 9.47 Å². The summed E-state index contributed by atoms with van der Waals surface area (Å²) in [4.78, 5) is 29.9. The molecule has 0 bridgehead atoms. The number of methoxy groups -OCH3 is 2. The molecule has 3 rings (SSSR count). The second-order valence-corrected chi connectivity index (χ2v) is 7.67. The number of nitrogens with zero attached hydrogens (tertiary/aromatic N) is 3. The smallest absolute Gasteiger partial charge is 0.254 e. The number of rotatable bonds is 11. The van der Waals surface area contributed by atoms with Crippen molar-refractivity contribution in [3.8, 4) is 5.75 Å². The summed E-state index contributed by atoms with van der Waals surface area (Å²) in [7, 11) is 5.18. The number of amides is 2. The highest BCUT2D eigenvalue weighted by Gasteiger charge is 2.34. The van der Waals surface area contributed by atoms with Crippen molar-refractivity contribution in [3.63, 3.8) is 0 Å². The summed E-state index contributed by atoms with van der Waals surface area (Å²) >= 11 is 0. The van der Waals surface area contributed by atoms with Crippen molar-refractivity contribution in [2.75, 3.05) is 33.9 Å². The second kappa shape index (κ2) is 10.3. The summed E-state index contributed by atoms with van der Waals surface area (Å²) in [5.41, 5.74) is 1.60. The Morgan fingerprint density at radius 3 is 2.60 bits per heavy atom. The molecule has 0 atom stereocenters.